The first-order chi connectivity index (χ1) is 8.95. The maximum Gasteiger partial charge on any atom is 0.225 e. The van der Waals surface area contributed by atoms with Gasteiger partial charge in [0.1, 0.15) is 0 Å². The Kier molecular flexibility index (Phi) is 6.75. The Labute approximate surface area is 116 Å². The number of aliphatic hydroxyl groups excluding tert-OH is 1. The minimum atomic E-state index is -0.625. The van der Waals surface area contributed by atoms with Gasteiger partial charge in [-0.05, 0) is 25.2 Å². The molecule has 0 spiro atoms. The molecule has 4 atom stereocenters. The highest BCUT2D eigenvalue weighted by molar-refractivity contribution is 5.78. The van der Waals surface area contributed by atoms with E-state index in [0.29, 0.717) is 12.5 Å². The second-order valence-electron chi connectivity index (χ2n) is 5.80. The molecule has 5 heteroatoms. The van der Waals surface area contributed by atoms with Crippen molar-refractivity contribution in [3.8, 4) is 0 Å². The Hall–Kier alpha value is -0.650. The van der Waals surface area contributed by atoms with Gasteiger partial charge in [-0.3, -0.25) is 4.79 Å². The summed E-state index contributed by atoms with van der Waals surface area (Å²) in [6.07, 6.45) is 3.56. The molecule has 0 bridgehead atoms. The largest absolute Gasteiger partial charge is 0.389 e. The number of amides is 1. The quantitative estimate of drug-likeness (QED) is 0.742. The van der Waals surface area contributed by atoms with Gasteiger partial charge in [-0.25, -0.2) is 0 Å². The maximum atomic E-state index is 12.3. The molecular weight excluding hydrogens is 244 g/mol. The van der Waals surface area contributed by atoms with Gasteiger partial charge in [0.2, 0.25) is 5.91 Å². The van der Waals surface area contributed by atoms with Crippen LogP contribution in [0.5, 0.6) is 0 Å². The van der Waals surface area contributed by atoms with Gasteiger partial charge in [0.25, 0.3) is 0 Å². The van der Waals surface area contributed by atoms with E-state index in [1.807, 2.05) is 6.92 Å². The predicted molar refractivity (Wildman–Crippen MR) is 74.6 cm³/mol. The number of nitrogens with two attached hydrogens (primary N) is 1. The van der Waals surface area contributed by atoms with Gasteiger partial charge in [0.15, 0.2) is 0 Å². The summed E-state index contributed by atoms with van der Waals surface area (Å²) in [6.45, 7) is 2.54. The Morgan fingerprint density at radius 1 is 1.53 bits per heavy atom. The molecule has 4 unspecified atom stereocenters. The highest BCUT2D eigenvalue weighted by Gasteiger charge is 2.30. The van der Waals surface area contributed by atoms with Crippen LogP contribution >= 0.6 is 0 Å². The lowest BCUT2D eigenvalue weighted by atomic mass is 9.78. The van der Waals surface area contributed by atoms with Gasteiger partial charge in [-0.1, -0.05) is 13.3 Å². The average molecular weight is 272 g/mol. The number of likely N-dealkylation sites (N-methyl/N-ethyl adjacent to an activating group) is 1. The summed E-state index contributed by atoms with van der Waals surface area (Å²) in [5, 5.41) is 9.66. The van der Waals surface area contributed by atoms with Gasteiger partial charge in [0, 0.05) is 32.7 Å². The topological polar surface area (TPSA) is 75.8 Å². The van der Waals surface area contributed by atoms with Gasteiger partial charge < -0.3 is 20.5 Å². The molecule has 1 fully saturated rings. The SMILES string of the molecule is COCC(O)CN(C)C(=O)C(C)C1CCCC(N)C1. The molecule has 1 saturated carbocycles. The van der Waals surface area contributed by atoms with Crippen molar-refractivity contribution >= 4 is 5.91 Å². The first-order valence-electron chi connectivity index (χ1n) is 7.13. The number of hydrogen-bond donors (Lipinski definition) is 2. The standard InChI is InChI=1S/C14H28N2O3/c1-10(11-5-4-6-12(15)7-11)14(18)16(2)8-13(17)9-19-3/h10-13,17H,4-9,15H2,1-3H3. The third-order valence-electron chi connectivity index (χ3n) is 4.07. The van der Waals surface area contributed by atoms with Crippen molar-refractivity contribution in [3.63, 3.8) is 0 Å². The van der Waals surface area contributed by atoms with E-state index in [0.717, 1.165) is 25.7 Å². The Bertz CT molecular complexity index is 286. The van der Waals surface area contributed by atoms with Crippen LogP contribution in [-0.2, 0) is 9.53 Å². The fourth-order valence-corrected chi connectivity index (χ4v) is 2.92. The lowest BCUT2D eigenvalue weighted by Crippen LogP contribution is -2.42. The van der Waals surface area contributed by atoms with Crippen molar-refractivity contribution in [3.05, 3.63) is 0 Å². The van der Waals surface area contributed by atoms with Crippen LogP contribution < -0.4 is 5.73 Å². The fraction of sp³-hybridized carbons (Fsp3) is 0.929. The summed E-state index contributed by atoms with van der Waals surface area (Å²) in [7, 11) is 3.28. The zero-order valence-corrected chi connectivity index (χ0v) is 12.3. The van der Waals surface area contributed by atoms with E-state index >= 15 is 0 Å². The molecule has 0 aromatic carbocycles. The maximum absolute atomic E-state index is 12.3. The molecule has 0 radical (unpaired) electrons. The molecular formula is C14H28N2O3. The molecule has 1 aliphatic rings. The third kappa shape index (κ3) is 5.09. The molecule has 0 aromatic rings. The minimum Gasteiger partial charge on any atom is -0.389 e. The van der Waals surface area contributed by atoms with E-state index in [-0.39, 0.29) is 24.5 Å². The molecule has 19 heavy (non-hydrogen) atoms. The zero-order valence-electron chi connectivity index (χ0n) is 12.3. The van der Waals surface area contributed by atoms with Crippen molar-refractivity contribution in [2.24, 2.45) is 17.6 Å². The number of carbonyl (C=O) groups is 1. The summed E-state index contributed by atoms with van der Waals surface area (Å²) in [5.41, 5.74) is 5.98. The second kappa shape index (κ2) is 7.82. The van der Waals surface area contributed by atoms with Crippen molar-refractivity contribution in [2.75, 3.05) is 27.3 Å². The number of nitrogens with zero attached hydrogens (tertiary/aromatic N) is 1. The van der Waals surface area contributed by atoms with Gasteiger partial charge in [-0.15, -0.1) is 0 Å². The lowest BCUT2D eigenvalue weighted by molar-refractivity contribution is -0.137. The predicted octanol–water partition coefficient (Wildman–Crippen LogP) is 0.606. The highest BCUT2D eigenvalue weighted by Crippen LogP contribution is 2.30. The van der Waals surface area contributed by atoms with Gasteiger partial charge in [0.05, 0.1) is 12.7 Å². The normalized spacial score (nSPS) is 26.8. The van der Waals surface area contributed by atoms with E-state index in [9.17, 15) is 9.90 Å². The van der Waals surface area contributed by atoms with Crippen LogP contribution in [0.1, 0.15) is 32.6 Å². The highest BCUT2D eigenvalue weighted by atomic mass is 16.5. The average Bonchev–Trinajstić information content (AvgIpc) is 2.37. The summed E-state index contributed by atoms with van der Waals surface area (Å²) in [6, 6.07) is 0.235. The number of aliphatic hydroxyl groups is 1. The Morgan fingerprint density at radius 2 is 2.21 bits per heavy atom. The lowest BCUT2D eigenvalue weighted by Gasteiger charge is -2.33. The molecule has 1 aliphatic carbocycles. The van der Waals surface area contributed by atoms with Crippen LogP contribution in [0, 0.1) is 11.8 Å². The van der Waals surface area contributed by atoms with Crippen LogP contribution in [0.3, 0.4) is 0 Å². The van der Waals surface area contributed by atoms with Crippen LogP contribution in [0.25, 0.3) is 0 Å². The summed E-state index contributed by atoms with van der Waals surface area (Å²) >= 11 is 0. The van der Waals surface area contributed by atoms with Crippen LogP contribution in [0.15, 0.2) is 0 Å². The Balaban J connectivity index is 2.46. The number of carbonyl (C=O) groups excluding carboxylic acids is 1. The first kappa shape index (κ1) is 16.4. The molecule has 1 rings (SSSR count). The molecule has 0 heterocycles. The molecule has 3 N–H and O–H groups in total. The minimum absolute atomic E-state index is 0.0221. The molecule has 1 amide bonds. The summed E-state index contributed by atoms with van der Waals surface area (Å²) in [4.78, 5) is 13.9. The molecule has 5 nitrogen and oxygen atoms in total. The van der Waals surface area contributed by atoms with Crippen molar-refractivity contribution in [1.29, 1.82) is 0 Å². The van der Waals surface area contributed by atoms with E-state index in [1.54, 1.807) is 11.9 Å². The van der Waals surface area contributed by atoms with E-state index < -0.39 is 6.10 Å². The van der Waals surface area contributed by atoms with E-state index in [2.05, 4.69) is 0 Å². The van der Waals surface area contributed by atoms with Crippen LogP contribution in [0.4, 0.5) is 0 Å². The van der Waals surface area contributed by atoms with Crippen molar-refractivity contribution in [1.82, 2.24) is 4.90 Å². The van der Waals surface area contributed by atoms with Crippen molar-refractivity contribution in [2.45, 2.75) is 44.8 Å². The molecule has 0 aromatic heterocycles. The second-order valence-corrected chi connectivity index (χ2v) is 5.80. The number of hydrogen-bond acceptors (Lipinski definition) is 4. The first-order valence-corrected chi connectivity index (χ1v) is 7.13. The monoisotopic (exact) mass is 272 g/mol. The molecule has 0 saturated heterocycles. The number of rotatable bonds is 6. The van der Waals surface area contributed by atoms with E-state index in [4.69, 9.17) is 10.5 Å². The van der Waals surface area contributed by atoms with Crippen molar-refractivity contribution < 1.29 is 14.6 Å². The Morgan fingerprint density at radius 3 is 2.79 bits per heavy atom. The molecule has 0 aliphatic heterocycles. The zero-order chi connectivity index (χ0) is 14.4. The summed E-state index contributed by atoms with van der Waals surface area (Å²) < 4.78 is 4.87. The number of ether oxygens (including phenoxy) is 1. The van der Waals surface area contributed by atoms with Crippen LogP contribution in [-0.4, -0.2) is 55.4 Å². The number of methoxy groups -OCH3 is 1. The molecule has 112 valence electrons. The van der Waals surface area contributed by atoms with Crippen LogP contribution in [0.2, 0.25) is 0 Å². The third-order valence-corrected chi connectivity index (χ3v) is 4.07. The van der Waals surface area contributed by atoms with Gasteiger partial charge in [-0.2, -0.15) is 0 Å². The van der Waals surface area contributed by atoms with Gasteiger partial charge >= 0.3 is 0 Å². The smallest absolute Gasteiger partial charge is 0.225 e. The fourth-order valence-electron chi connectivity index (χ4n) is 2.92. The summed E-state index contributed by atoms with van der Waals surface area (Å²) in [5.74, 6) is 0.443. The van der Waals surface area contributed by atoms with E-state index in [1.165, 1.54) is 7.11 Å².